The average Bonchev–Trinajstić information content (AvgIpc) is 2.79. The number of carbonyl (C=O) groups excluding carboxylic acids is 2. The zero-order valence-electron chi connectivity index (χ0n) is 18.8. The molecule has 0 radical (unpaired) electrons. The highest BCUT2D eigenvalue weighted by molar-refractivity contribution is 7.92. The number of halogens is 3. The lowest BCUT2D eigenvalue weighted by Crippen LogP contribution is -2.53. The summed E-state index contributed by atoms with van der Waals surface area (Å²) in [4.78, 5) is 26.4. The molecule has 2 aromatic carbocycles. The van der Waals surface area contributed by atoms with Gasteiger partial charge in [0.05, 0.1) is 6.61 Å². The second-order valence-corrected chi connectivity index (χ2v) is 10.6. The number of hydrogen-bond donors (Lipinski definition) is 0. The molecule has 5 nitrogen and oxygen atoms in total. The molecule has 1 aliphatic rings. The first-order valence-electron chi connectivity index (χ1n) is 10.7. The van der Waals surface area contributed by atoms with Gasteiger partial charge >= 0.3 is 5.97 Å². The average molecular weight is 495 g/mol. The zero-order chi connectivity index (χ0) is 25.1. The van der Waals surface area contributed by atoms with Crippen LogP contribution in [0, 0.1) is 17.6 Å². The molecule has 0 saturated heterocycles. The topological polar surface area (TPSA) is 77.5 Å². The lowest BCUT2D eigenvalue weighted by molar-refractivity contribution is -0.152. The predicted molar refractivity (Wildman–Crippen MR) is 121 cm³/mol. The fourth-order valence-electron chi connectivity index (χ4n) is 4.27. The molecule has 182 valence electrons. The molecule has 1 aliphatic carbocycles. The molecule has 3 rings (SSSR count). The number of alkyl halides is 1. The molecule has 0 fully saturated rings. The fraction of sp³-hybridized carbons (Fsp3) is 0.360. The van der Waals surface area contributed by atoms with Crippen LogP contribution in [0.5, 0.6) is 0 Å². The van der Waals surface area contributed by atoms with E-state index in [2.05, 4.69) is 0 Å². The van der Waals surface area contributed by atoms with E-state index in [0.717, 1.165) is 12.3 Å². The summed E-state index contributed by atoms with van der Waals surface area (Å²) in [5.41, 5.74) is 0.507. The lowest BCUT2D eigenvalue weighted by Gasteiger charge is -2.37. The Hall–Kier alpha value is -2.94. The summed E-state index contributed by atoms with van der Waals surface area (Å²) in [5.74, 6) is -6.36. The van der Waals surface area contributed by atoms with E-state index >= 15 is 4.39 Å². The highest BCUT2D eigenvalue weighted by atomic mass is 32.2. The third kappa shape index (κ3) is 4.94. The van der Waals surface area contributed by atoms with Crippen LogP contribution in [0.15, 0.2) is 54.6 Å². The van der Waals surface area contributed by atoms with Crippen LogP contribution in [0.1, 0.15) is 30.9 Å². The first-order chi connectivity index (χ1) is 16.0. The van der Waals surface area contributed by atoms with Crippen molar-refractivity contribution in [1.82, 2.24) is 0 Å². The van der Waals surface area contributed by atoms with Crippen molar-refractivity contribution in [3.05, 3.63) is 77.4 Å². The number of hydrogen-bond acceptors (Lipinski definition) is 5. The van der Waals surface area contributed by atoms with Gasteiger partial charge in [-0.3, -0.25) is 9.59 Å². The minimum Gasteiger partial charge on any atom is -0.465 e. The maximum atomic E-state index is 15.4. The number of benzene rings is 2. The Morgan fingerprint density at radius 2 is 1.79 bits per heavy atom. The molecular formula is C25H25F3O5S. The van der Waals surface area contributed by atoms with Crippen LogP contribution in [0.25, 0.3) is 5.57 Å². The summed E-state index contributed by atoms with van der Waals surface area (Å²) in [6.45, 7) is 1.37. The molecule has 0 aromatic heterocycles. The summed E-state index contributed by atoms with van der Waals surface area (Å²) in [5, 5.41) is 0. The first kappa shape index (κ1) is 25.7. The Kier molecular flexibility index (Phi) is 7.65. The number of allylic oxidation sites excluding steroid dienone is 2. The minimum atomic E-state index is -4.24. The largest absolute Gasteiger partial charge is 0.465 e. The van der Waals surface area contributed by atoms with Crippen molar-refractivity contribution >= 4 is 27.2 Å². The Labute approximate surface area is 196 Å². The Morgan fingerprint density at radius 1 is 1.12 bits per heavy atom. The Balaban J connectivity index is 2.06. The van der Waals surface area contributed by atoms with Gasteiger partial charge in [-0.15, -0.1) is 0 Å². The van der Waals surface area contributed by atoms with Gasteiger partial charge in [-0.05, 0) is 42.5 Å². The van der Waals surface area contributed by atoms with Crippen molar-refractivity contribution in [1.29, 1.82) is 0 Å². The molecule has 0 aliphatic heterocycles. The molecule has 0 heterocycles. The van der Waals surface area contributed by atoms with Crippen LogP contribution in [0.3, 0.4) is 0 Å². The van der Waals surface area contributed by atoms with E-state index in [0.29, 0.717) is 5.56 Å². The third-order valence-corrected chi connectivity index (χ3v) is 8.06. The van der Waals surface area contributed by atoms with Crippen LogP contribution < -0.4 is 0 Å². The lowest BCUT2D eigenvalue weighted by atomic mass is 9.77. The van der Waals surface area contributed by atoms with E-state index in [1.807, 2.05) is 0 Å². The van der Waals surface area contributed by atoms with E-state index in [-0.39, 0.29) is 24.2 Å². The van der Waals surface area contributed by atoms with E-state index in [1.54, 1.807) is 30.3 Å². The van der Waals surface area contributed by atoms with Crippen LogP contribution >= 0.6 is 0 Å². The second-order valence-electron chi connectivity index (χ2n) is 8.25. The molecular weight excluding hydrogens is 469 g/mol. The monoisotopic (exact) mass is 494 g/mol. The van der Waals surface area contributed by atoms with Crippen molar-refractivity contribution < 1.29 is 35.9 Å². The summed E-state index contributed by atoms with van der Waals surface area (Å²) >= 11 is 0. The number of ketones is 1. The zero-order valence-corrected chi connectivity index (χ0v) is 19.6. The number of carbonyl (C=O) groups is 2. The van der Waals surface area contributed by atoms with Crippen LogP contribution in [0.4, 0.5) is 13.2 Å². The molecule has 0 saturated carbocycles. The molecule has 3 atom stereocenters. The summed E-state index contributed by atoms with van der Waals surface area (Å²) in [6, 6.07) is 11.8. The van der Waals surface area contributed by atoms with Gasteiger partial charge in [0.1, 0.15) is 16.8 Å². The normalized spacial score (nSPS) is 21.4. The fourth-order valence-corrected chi connectivity index (χ4v) is 5.61. The molecule has 2 aromatic rings. The van der Waals surface area contributed by atoms with Gasteiger partial charge in [0.2, 0.25) is 0 Å². The van der Waals surface area contributed by atoms with Gasteiger partial charge in [-0.1, -0.05) is 48.5 Å². The van der Waals surface area contributed by atoms with E-state index in [4.69, 9.17) is 4.74 Å². The number of rotatable bonds is 8. The van der Waals surface area contributed by atoms with Crippen LogP contribution in [-0.2, 0) is 30.6 Å². The summed E-state index contributed by atoms with van der Waals surface area (Å²) < 4.78 is 71.9. The van der Waals surface area contributed by atoms with Crippen molar-refractivity contribution in [3.63, 3.8) is 0 Å². The molecule has 34 heavy (non-hydrogen) atoms. The van der Waals surface area contributed by atoms with Crippen molar-refractivity contribution in [2.45, 2.75) is 37.1 Å². The SMILES string of the molecule is CCOC(=O)C(Cc1cccc(F)c1F)C(=O)C1(S(C)(=O)=O)CC=C(c2ccccc2)C(F)C1. The highest BCUT2D eigenvalue weighted by Gasteiger charge is 2.54. The number of sulfone groups is 1. The second kappa shape index (κ2) is 10.1. The first-order valence-corrected chi connectivity index (χ1v) is 12.6. The number of ether oxygens (including phenoxy) is 1. The summed E-state index contributed by atoms with van der Waals surface area (Å²) in [6.07, 6.45) is -1.32. The quantitative estimate of drug-likeness (QED) is 0.405. The van der Waals surface area contributed by atoms with Gasteiger partial charge < -0.3 is 4.74 Å². The molecule has 0 bridgehead atoms. The molecule has 0 amide bonds. The third-order valence-electron chi connectivity index (χ3n) is 6.11. The summed E-state index contributed by atoms with van der Waals surface area (Å²) in [7, 11) is -4.24. The molecule has 0 N–H and O–H groups in total. The van der Waals surface area contributed by atoms with E-state index < -0.39 is 62.9 Å². The maximum Gasteiger partial charge on any atom is 0.316 e. The van der Waals surface area contributed by atoms with Gasteiger partial charge in [0.15, 0.2) is 27.3 Å². The molecule has 9 heteroatoms. The Bertz CT molecular complexity index is 1210. The molecule has 0 spiro atoms. The molecule has 3 unspecified atom stereocenters. The van der Waals surface area contributed by atoms with Crippen molar-refractivity contribution in [2.75, 3.05) is 12.9 Å². The van der Waals surface area contributed by atoms with E-state index in [1.165, 1.54) is 25.1 Å². The number of esters is 1. The van der Waals surface area contributed by atoms with Crippen molar-refractivity contribution in [3.8, 4) is 0 Å². The Morgan fingerprint density at radius 3 is 2.38 bits per heavy atom. The van der Waals surface area contributed by atoms with Gasteiger partial charge in [0.25, 0.3) is 0 Å². The van der Waals surface area contributed by atoms with Gasteiger partial charge in [-0.2, -0.15) is 0 Å². The number of Topliss-reactive ketones (excluding diaryl/α,β-unsaturated/α-hetero) is 1. The smallest absolute Gasteiger partial charge is 0.316 e. The highest BCUT2D eigenvalue weighted by Crippen LogP contribution is 2.42. The van der Waals surface area contributed by atoms with Crippen LogP contribution in [0.2, 0.25) is 0 Å². The standard InChI is InChI=1S/C25H25F3O5S/c1-3-33-24(30)19(14-17-10-7-11-20(26)22(17)28)23(29)25(34(2,31)32)13-12-18(21(27)15-25)16-8-5-4-6-9-16/h4-12,19,21H,3,13-15H2,1-2H3. The minimum absolute atomic E-state index is 0.121. The van der Waals surface area contributed by atoms with Gasteiger partial charge in [-0.25, -0.2) is 21.6 Å². The predicted octanol–water partition coefficient (Wildman–Crippen LogP) is 4.25. The van der Waals surface area contributed by atoms with Crippen LogP contribution in [-0.4, -0.2) is 44.0 Å². The van der Waals surface area contributed by atoms with E-state index in [9.17, 15) is 26.8 Å². The van der Waals surface area contributed by atoms with Gasteiger partial charge in [0, 0.05) is 12.7 Å². The van der Waals surface area contributed by atoms with Crippen molar-refractivity contribution in [2.24, 2.45) is 5.92 Å². The maximum absolute atomic E-state index is 15.4.